The molecule has 0 atom stereocenters. The maximum absolute atomic E-state index is 13.0. The summed E-state index contributed by atoms with van der Waals surface area (Å²) < 4.78 is 13.0. The minimum atomic E-state index is -0.347. The van der Waals surface area contributed by atoms with Gasteiger partial charge in [-0.25, -0.2) is 4.39 Å². The predicted molar refractivity (Wildman–Crippen MR) is 83.1 cm³/mol. The quantitative estimate of drug-likeness (QED) is 0.843. The number of piperazine rings is 1. The van der Waals surface area contributed by atoms with Gasteiger partial charge in [0.15, 0.2) is 0 Å². The Bertz CT molecular complexity index is 525. The molecular weight excluding hydrogens is 285 g/mol. The number of hydrogen-bond acceptors (Lipinski definition) is 3. The first-order chi connectivity index (χ1) is 10.5. The molecule has 1 saturated heterocycles. The molecule has 0 unspecified atom stereocenters. The second kappa shape index (κ2) is 7.35. The Labute approximate surface area is 130 Å². The first-order valence-corrected chi connectivity index (χ1v) is 7.47. The Balaban J connectivity index is 1.93. The van der Waals surface area contributed by atoms with Gasteiger partial charge in [0.25, 0.3) is 0 Å². The normalized spacial score (nSPS) is 15.7. The van der Waals surface area contributed by atoms with Crippen LogP contribution in [0.2, 0.25) is 0 Å². The molecule has 1 aliphatic rings. The molecule has 0 aliphatic carbocycles. The summed E-state index contributed by atoms with van der Waals surface area (Å²) in [5.41, 5.74) is 0.611. The van der Waals surface area contributed by atoms with E-state index in [1.54, 1.807) is 12.1 Å². The van der Waals surface area contributed by atoms with Crippen molar-refractivity contribution in [3.8, 4) is 0 Å². The molecule has 1 aliphatic heterocycles. The van der Waals surface area contributed by atoms with E-state index in [0.29, 0.717) is 12.2 Å². The summed E-state index contributed by atoms with van der Waals surface area (Å²) >= 11 is 0. The number of nitrogens with zero attached hydrogens (tertiary/aromatic N) is 3. The summed E-state index contributed by atoms with van der Waals surface area (Å²) in [7, 11) is 2.04. The van der Waals surface area contributed by atoms with Crippen LogP contribution in [0.15, 0.2) is 24.3 Å². The van der Waals surface area contributed by atoms with Gasteiger partial charge in [-0.2, -0.15) is 0 Å². The zero-order valence-corrected chi connectivity index (χ0v) is 13.1. The van der Waals surface area contributed by atoms with Gasteiger partial charge >= 0.3 is 0 Å². The Morgan fingerprint density at radius 3 is 2.27 bits per heavy atom. The maximum atomic E-state index is 13.0. The minimum Gasteiger partial charge on any atom is -0.340 e. The molecular formula is C16H22FN3O2. The van der Waals surface area contributed by atoms with Crippen LogP contribution in [-0.2, 0) is 9.59 Å². The van der Waals surface area contributed by atoms with E-state index in [4.69, 9.17) is 0 Å². The number of likely N-dealkylation sites (N-methyl/N-ethyl adjacent to an activating group) is 1. The molecule has 22 heavy (non-hydrogen) atoms. The summed E-state index contributed by atoms with van der Waals surface area (Å²) in [4.78, 5) is 29.5. The highest BCUT2D eigenvalue weighted by molar-refractivity contribution is 5.92. The summed E-state index contributed by atoms with van der Waals surface area (Å²) in [5, 5.41) is 0. The highest BCUT2D eigenvalue weighted by Crippen LogP contribution is 2.16. The lowest BCUT2D eigenvalue weighted by atomic mass is 10.2. The Hall–Kier alpha value is -1.95. The number of carbonyl (C=O) groups is 2. The summed E-state index contributed by atoms with van der Waals surface area (Å²) in [5.74, 6) is -0.444. The van der Waals surface area contributed by atoms with Gasteiger partial charge in [-0.3, -0.25) is 9.59 Å². The van der Waals surface area contributed by atoms with Gasteiger partial charge in [-0.15, -0.1) is 0 Å². The van der Waals surface area contributed by atoms with Gasteiger partial charge in [0, 0.05) is 51.8 Å². The fourth-order valence-corrected chi connectivity index (χ4v) is 2.51. The molecule has 6 heteroatoms. The number of rotatable bonds is 4. The number of hydrogen-bond donors (Lipinski definition) is 0. The van der Waals surface area contributed by atoms with E-state index in [1.165, 1.54) is 24.0 Å². The first-order valence-electron chi connectivity index (χ1n) is 7.47. The second-order valence-electron chi connectivity index (χ2n) is 5.58. The molecule has 2 amide bonds. The van der Waals surface area contributed by atoms with Crippen molar-refractivity contribution in [2.24, 2.45) is 0 Å². The van der Waals surface area contributed by atoms with Crippen molar-refractivity contribution in [2.75, 3.05) is 44.7 Å². The van der Waals surface area contributed by atoms with Crippen LogP contribution in [0.3, 0.4) is 0 Å². The SMILES string of the molecule is CC(=O)N(CCC(=O)N1CCN(C)CC1)c1ccc(F)cc1. The summed E-state index contributed by atoms with van der Waals surface area (Å²) in [6, 6.07) is 5.73. The van der Waals surface area contributed by atoms with Crippen LogP contribution in [0.1, 0.15) is 13.3 Å². The molecule has 0 spiro atoms. The lowest BCUT2D eigenvalue weighted by molar-refractivity contribution is -0.132. The van der Waals surface area contributed by atoms with Crippen molar-refractivity contribution in [1.82, 2.24) is 9.80 Å². The van der Waals surface area contributed by atoms with Crippen molar-refractivity contribution in [1.29, 1.82) is 0 Å². The van der Waals surface area contributed by atoms with E-state index in [-0.39, 0.29) is 24.1 Å². The molecule has 0 radical (unpaired) electrons. The smallest absolute Gasteiger partial charge is 0.224 e. The van der Waals surface area contributed by atoms with E-state index in [0.717, 1.165) is 26.2 Å². The zero-order valence-electron chi connectivity index (χ0n) is 13.1. The lowest BCUT2D eigenvalue weighted by Crippen LogP contribution is -2.47. The number of halogens is 1. The fraction of sp³-hybridized carbons (Fsp3) is 0.500. The average Bonchev–Trinajstić information content (AvgIpc) is 2.49. The van der Waals surface area contributed by atoms with Crippen molar-refractivity contribution < 1.29 is 14.0 Å². The van der Waals surface area contributed by atoms with Crippen LogP contribution in [-0.4, -0.2) is 61.4 Å². The topological polar surface area (TPSA) is 43.9 Å². The third-order valence-corrected chi connectivity index (χ3v) is 3.92. The Morgan fingerprint density at radius 1 is 1.14 bits per heavy atom. The lowest BCUT2D eigenvalue weighted by Gasteiger charge is -2.33. The maximum Gasteiger partial charge on any atom is 0.224 e. The van der Waals surface area contributed by atoms with Crippen LogP contribution in [0.25, 0.3) is 0 Å². The number of benzene rings is 1. The van der Waals surface area contributed by atoms with Crippen LogP contribution in [0.4, 0.5) is 10.1 Å². The third-order valence-electron chi connectivity index (χ3n) is 3.92. The third kappa shape index (κ3) is 4.27. The number of carbonyl (C=O) groups excluding carboxylic acids is 2. The first kappa shape index (κ1) is 16.4. The molecule has 5 nitrogen and oxygen atoms in total. The number of anilines is 1. The molecule has 1 heterocycles. The molecule has 0 bridgehead atoms. The molecule has 120 valence electrons. The molecule has 1 aromatic rings. The van der Waals surface area contributed by atoms with Gasteiger partial charge in [-0.1, -0.05) is 0 Å². The largest absolute Gasteiger partial charge is 0.340 e. The van der Waals surface area contributed by atoms with Crippen LogP contribution in [0, 0.1) is 5.82 Å². The Morgan fingerprint density at radius 2 is 1.73 bits per heavy atom. The van der Waals surface area contributed by atoms with Gasteiger partial charge in [-0.05, 0) is 31.3 Å². The molecule has 0 N–H and O–H groups in total. The molecule has 1 aromatic carbocycles. The monoisotopic (exact) mass is 307 g/mol. The highest BCUT2D eigenvalue weighted by Gasteiger charge is 2.20. The van der Waals surface area contributed by atoms with Gasteiger partial charge in [0.2, 0.25) is 11.8 Å². The van der Waals surface area contributed by atoms with Crippen molar-refractivity contribution in [2.45, 2.75) is 13.3 Å². The van der Waals surface area contributed by atoms with Crippen LogP contribution < -0.4 is 4.90 Å². The number of amides is 2. The fourth-order valence-electron chi connectivity index (χ4n) is 2.51. The Kier molecular flexibility index (Phi) is 5.49. The standard InChI is InChI=1S/C16H22FN3O2/c1-13(21)20(15-5-3-14(17)4-6-15)8-7-16(22)19-11-9-18(2)10-12-19/h3-6H,7-12H2,1-2H3. The van der Waals surface area contributed by atoms with E-state index >= 15 is 0 Å². The summed E-state index contributed by atoms with van der Waals surface area (Å²) in [6.45, 7) is 4.97. The van der Waals surface area contributed by atoms with Gasteiger partial charge < -0.3 is 14.7 Å². The highest BCUT2D eigenvalue weighted by atomic mass is 19.1. The molecule has 2 rings (SSSR count). The van der Waals surface area contributed by atoms with Crippen LogP contribution >= 0.6 is 0 Å². The second-order valence-corrected chi connectivity index (χ2v) is 5.58. The predicted octanol–water partition coefficient (Wildman–Crippen LogP) is 1.34. The van der Waals surface area contributed by atoms with Crippen molar-refractivity contribution in [3.05, 3.63) is 30.1 Å². The zero-order chi connectivity index (χ0) is 16.1. The van der Waals surface area contributed by atoms with Crippen LogP contribution in [0.5, 0.6) is 0 Å². The average molecular weight is 307 g/mol. The van der Waals surface area contributed by atoms with Gasteiger partial charge in [0.05, 0.1) is 0 Å². The summed E-state index contributed by atoms with van der Waals surface area (Å²) in [6.07, 6.45) is 0.278. The van der Waals surface area contributed by atoms with Crippen molar-refractivity contribution >= 4 is 17.5 Å². The minimum absolute atomic E-state index is 0.0569. The van der Waals surface area contributed by atoms with E-state index < -0.39 is 0 Å². The van der Waals surface area contributed by atoms with E-state index in [9.17, 15) is 14.0 Å². The molecule has 1 fully saturated rings. The molecule has 0 saturated carbocycles. The van der Waals surface area contributed by atoms with E-state index in [2.05, 4.69) is 4.90 Å². The van der Waals surface area contributed by atoms with E-state index in [1.807, 2.05) is 11.9 Å². The molecule has 0 aromatic heterocycles. The van der Waals surface area contributed by atoms with Gasteiger partial charge in [0.1, 0.15) is 5.82 Å². The van der Waals surface area contributed by atoms with Crippen molar-refractivity contribution in [3.63, 3.8) is 0 Å².